The Balaban J connectivity index is 1.69. The van der Waals surface area contributed by atoms with Gasteiger partial charge in [-0.2, -0.15) is 10.2 Å². The third kappa shape index (κ3) is 4.54. The molecule has 0 spiro atoms. The van der Waals surface area contributed by atoms with Gasteiger partial charge in [-0.3, -0.25) is 0 Å². The second kappa shape index (κ2) is 8.19. The van der Waals surface area contributed by atoms with Crippen LogP contribution in [0, 0.1) is 17.1 Å². The fourth-order valence-corrected chi connectivity index (χ4v) is 2.76. The van der Waals surface area contributed by atoms with Crippen LogP contribution in [0.1, 0.15) is 5.56 Å². The van der Waals surface area contributed by atoms with Crippen LogP contribution in [0.5, 0.6) is 0 Å². The highest BCUT2D eigenvalue weighted by atomic mass is 19.1. The number of benzene rings is 3. The van der Waals surface area contributed by atoms with E-state index in [4.69, 9.17) is 5.26 Å². The van der Waals surface area contributed by atoms with Crippen LogP contribution < -0.4 is 10.6 Å². The van der Waals surface area contributed by atoms with Crippen molar-refractivity contribution in [2.24, 2.45) is 0 Å². The molecule has 0 atom stereocenters. The number of nitrogens with one attached hydrogen (secondary N) is 2. The monoisotopic (exact) mass is 381 g/mol. The number of rotatable bonds is 5. The summed E-state index contributed by atoms with van der Waals surface area (Å²) in [6.45, 7) is 0. The van der Waals surface area contributed by atoms with Gasteiger partial charge in [-0.05, 0) is 48.5 Å². The Bertz CT molecular complexity index is 1150. The average Bonchev–Trinajstić information content (AvgIpc) is 2.76. The van der Waals surface area contributed by atoms with Gasteiger partial charge in [-0.1, -0.05) is 30.3 Å². The van der Waals surface area contributed by atoms with Crippen molar-refractivity contribution >= 4 is 23.1 Å². The summed E-state index contributed by atoms with van der Waals surface area (Å²) in [5.74, 6) is 0.667. The molecule has 0 amide bonds. The molecular weight excluding hydrogens is 365 g/mol. The van der Waals surface area contributed by atoms with Crippen molar-refractivity contribution in [1.82, 2.24) is 9.97 Å². The summed E-state index contributed by atoms with van der Waals surface area (Å²) in [7, 11) is 0. The molecule has 4 aromatic rings. The zero-order valence-electron chi connectivity index (χ0n) is 15.3. The Hall–Kier alpha value is -4.24. The predicted molar refractivity (Wildman–Crippen MR) is 112 cm³/mol. The molecule has 0 aliphatic carbocycles. The first kappa shape index (κ1) is 18.1. The molecule has 29 heavy (non-hydrogen) atoms. The van der Waals surface area contributed by atoms with E-state index in [-0.39, 0.29) is 5.82 Å². The number of anilines is 4. The van der Waals surface area contributed by atoms with Gasteiger partial charge in [0.25, 0.3) is 0 Å². The van der Waals surface area contributed by atoms with Crippen LogP contribution in [0.15, 0.2) is 84.9 Å². The van der Waals surface area contributed by atoms with Crippen LogP contribution in [0.4, 0.5) is 27.5 Å². The van der Waals surface area contributed by atoms with Crippen LogP contribution in [0.2, 0.25) is 0 Å². The van der Waals surface area contributed by atoms with E-state index in [0.29, 0.717) is 23.0 Å². The second-order valence-electron chi connectivity index (χ2n) is 6.27. The highest BCUT2D eigenvalue weighted by Gasteiger charge is 2.08. The molecule has 6 heteroatoms. The smallest absolute Gasteiger partial charge is 0.229 e. The molecule has 0 unspecified atom stereocenters. The van der Waals surface area contributed by atoms with E-state index in [0.717, 1.165) is 16.9 Å². The topological polar surface area (TPSA) is 73.6 Å². The zero-order chi connectivity index (χ0) is 20.1. The third-order valence-corrected chi connectivity index (χ3v) is 4.18. The zero-order valence-corrected chi connectivity index (χ0v) is 15.3. The van der Waals surface area contributed by atoms with Crippen molar-refractivity contribution in [2.45, 2.75) is 0 Å². The molecule has 5 nitrogen and oxygen atoms in total. The lowest BCUT2D eigenvalue weighted by atomic mass is 10.1. The summed E-state index contributed by atoms with van der Waals surface area (Å²) in [6.07, 6.45) is 0. The van der Waals surface area contributed by atoms with E-state index in [1.54, 1.807) is 24.3 Å². The third-order valence-electron chi connectivity index (χ3n) is 4.18. The highest BCUT2D eigenvalue weighted by Crippen LogP contribution is 2.25. The van der Waals surface area contributed by atoms with E-state index in [1.807, 2.05) is 48.5 Å². The molecular formula is C23H16FN5. The Morgan fingerprint density at radius 2 is 1.41 bits per heavy atom. The Morgan fingerprint density at radius 3 is 2.10 bits per heavy atom. The summed E-state index contributed by atoms with van der Waals surface area (Å²) in [4.78, 5) is 9.11. The van der Waals surface area contributed by atoms with Crippen molar-refractivity contribution < 1.29 is 4.39 Å². The number of aromatic nitrogens is 2. The lowest BCUT2D eigenvalue weighted by molar-refractivity contribution is 0.628. The summed E-state index contributed by atoms with van der Waals surface area (Å²) in [6, 6.07) is 26.8. The molecule has 3 aromatic carbocycles. The standard InChI is InChI=1S/C23H16FN5/c24-18-8-12-20(13-9-18)27-23-28-21(17-4-2-1-3-5-17)14-22(29-23)26-19-10-6-16(15-25)7-11-19/h1-14H,(H2,26,27,28,29). The van der Waals surface area contributed by atoms with Gasteiger partial charge in [0, 0.05) is 23.0 Å². The number of nitriles is 1. The molecule has 2 N–H and O–H groups in total. The van der Waals surface area contributed by atoms with E-state index < -0.39 is 0 Å². The van der Waals surface area contributed by atoms with E-state index >= 15 is 0 Å². The Morgan fingerprint density at radius 1 is 0.759 bits per heavy atom. The SMILES string of the molecule is N#Cc1ccc(Nc2cc(-c3ccccc3)nc(Nc3ccc(F)cc3)n2)cc1. The average molecular weight is 381 g/mol. The maximum absolute atomic E-state index is 13.2. The van der Waals surface area contributed by atoms with Crippen molar-refractivity contribution in [3.63, 3.8) is 0 Å². The van der Waals surface area contributed by atoms with Crippen LogP contribution in [0.25, 0.3) is 11.3 Å². The molecule has 1 heterocycles. The van der Waals surface area contributed by atoms with Crippen molar-refractivity contribution in [2.75, 3.05) is 10.6 Å². The largest absolute Gasteiger partial charge is 0.340 e. The molecule has 0 radical (unpaired) electrons. The van der Waals surface area contributed by atoms with Gasteiger partial charge in [0.15, 0.2) is 0 Å². The molecule has 0 saturated heterocycles. The van der Waals surface area contributed by atoms with Crippen LogP contribution in [-0.2, 0) is 0 Å². The molecule has 1 aromatic heterocycles. The fraction of sp³-hybridized carbons (Fsp3) is 0. The summed E-state index contributed by atoms with van der Waals surface area (Å²) in [5.41, 5.74) is 3.75. The van der Waals surface area contributed by atoms with Crippen LogP contribution >= 0.6 is 0 Å². The fourth-order valence-electron chi connectivity index (χ4n) is 2.76. The van der Waals surface area contributed by atoms with Crippen LogP contribution in [-0.4, -0.2) is 9.97 Å². The first-order chi connectivity index (χ1) is 14.2. The first-order valence-electron chi connectivity index (χ1n) is 8.94. The maximum Gasteiger partial charge on any atom is 0.229 e. The highest BCUT2D eigenvalue weighted by molar-refractivity contribution is 5.69. The van der Waals surface area contributed by atoms with Gasteiger partial charge in [-0.15, -0.1) is 0 Å². The second-order valence-corrected chi connectivity index (χ2v) is 6.27. The minimum Gasteiger partial charge on any atom is -0.340 e. The Labute approximate surface area is 167 Å². The van der Waals surface area contributed by atoms with Gasteiger partial charge >= 0.3 is 0 Å². The van der Waals surface area contributed by atoms with E-state index in [9.17, 15) is 4.39 Å². The van der Waals surface area contributed by atoms with Gasteiger partial charge < -0.3 is 10.6 Å². The molecule has 0 saturated carbocycles. The first-order valence-corrected chi connectivity index (χ1v) is 8.94. The molecule has 0 bridgehead atoms. The number of nitrogens with zero attached hydrogens (tertiary/aromatic N) is 3. The summed E-state index contributed by atoms with van der Waals surface area (Å²) < 4.78 is 13.2. The van der Waals surface area contributed by atoms with Crippen molar-refractivity contribution in [3.05, 3.63) is 96.3 Å². The number of hydrogen-bond donors (Lipinski definition) is 2. The van der Waals surface area contributed by atoms with Gasteiger partial charge in [0.2, 0.25) is 5.95 Å². The normalized spacial score (nSPS) is 10.2. The Kier molecular flexibility index (Phi) is 5.12. The minimum absolute atomic E-state index is 0.308. The quantitative estimate of drug-likeness (QED) is 0.468. The minimum atomic E-state index is -0.308. The lowest BCUT2D eigenvalue weighted by Crippen LogP contribution is -2.02. The van der Waals surface area contributed by atoms with Crippen molar-refractivity contribution in [3.8, 4) is 17.3 Å². The predicted octanol–water partition coefficient (Wildman–Crippen LogP) is 5.64. The van der Waals surface area contributed by atoms with E-state index in [2.05, 4.69) is 26.7 Å². The molecule has 0 fully saturated rings. The summed E-state index contributed by atoms with van der Waals surface area (Å²) >= 11 is 0. The number of halogens is 1. The maximum atomic E-state index is 13.2. The van der Waals surface area contributed by atoms with Gasteiger partial charge in [0.1, 0.15) is 11.6 Å². The molecule has 0 aliphatic rings. The van der Waals surface area contributed by atoms with Crippen molar-refractivity contribution in [1.29, 1.82) is 5.26 Å². The molecule has 0 aliphatic heterocycles. The van der Waals surface area contributed by atoms with Crippen LogP contribution in [0.3, 0.4) is 0 Å². The number of hydrogen-bond acceptors (Lipinski definition) is 5. The molecule has 140 valence electrons. The lowest BCUT2D eigenvalue weighted by Gasteiger charge is -2.12. The summed E-state index contributed by atoms with van der Waals surface area (Å²) in [5, 5.41) is 15.3. The van der Waals surface area contributed by atoms with Gasteiger partial charge in [-0.25, -0.2) is 9.37 Å². The van der Waals surface area contributed by atoms with Gasteiger partial charge in [0.05, 0.1) is 17.3 Å². The van der Waals surface area contributed by atoms with E-state index in [1.165, 1.54) is 12.1 Å². The molecule has 4 rings (SSSR count).